The summed E-state index contributed by atoms with van der Waals surface area (Å²) in [6, 6.07) is 9.76. The van der Waals surface area contributed by atoms with Gasteiger partial charge in [0.1, 0.15) is 5.82 Å². The van der Waals surface area contributed by atoms with Crippen LogP contribution < -0.4 is 10.6 Å². The summed E-state index contributed by atoms with van der Waals surface area (Å²) in [6.07, 6.45) is 5.63. The van der Waals surface area contributed by atoms with Crippen molar-refractivity contribution >= 4 is 17.8 Å². The van der Waals surface area contributed by atoms with Crippen LogP contribution in [0.15, 0.2) is 36.0 Å². The second-order valence-corrected chi connectivity index (χ2v) is 6.47. The summed E-state index contributed by atoms with van der Waals surface area (Å²) in [5.41, 5.74) is 4.93. The number of hydrogen-bond acceptors (Lipinski definition) is 4. The lowest BCUT2D eigenvalue weighted by Crippen LogP contribution is -2.24. The molecule has 2 rings (SSSR count). The first-order chi connectivity index (χ1) is 13.0. The molecule has 0 aliphatic heterocycles. The molecule has 140 valence electrons. The number of nitrogens with one attached hydrogen (secondary N) is 2. The zero-order valence-corrected chi connectivity index (χ0v) is 16.4. The van der Waals surface area contributed by atoms with Crippen molar-refractivity contribution < 1.29 is 4.79 Å². The zero-order chi connectivity index (χ0) is 19.8. The van der Waals surface area contributed by atoms with E-state index in [1.54, 1.807) is 13.1 Å². The molecule has 27 heavy (non-hydrogen) atoms. The van der Waals surface area contributed by atoms with Crippen LogP contribution in [-0.4, -0.2) is 24.5 Å². The number of rotatable bonds is 7. The number of carbonyl (C=O) groups excluding carboxylic acids is 1. The van der Waals surface area contributed by atoms with E-state index < -0.39 is 0 Å². The highest BCUT2D eigenvalue weighted by molar-refractivity contribution is 5.97. The van der Waals surface area contributed by atoms with Crippen molar-refractivity contribution in [2.24, 2.45) is 0 Å². The van der Waals surface area contributed by atoms with E-state index in [-0.39, 0.29) is 5.91 Å². The molecule has 0 atom stereocenters. The number of nitriles is 1. The largest absolute Gasteiger partial charge is 0.373 e. The molecule has 0 fully saturated rings. The van der Waals surface area contributed by atoms with Gasteiger partial charge in [-0.05, 0) is 67.3 Å². The van der Waals surface area contributed by atoms with Gasteiger partial charge in [0.25, 0.3) is 0 Å². The predicted molar refractivity (Wildman–Crippen MR) is 110 cm³/mol. The molecule has 1 aromatic heterocycles. The highest BCUT2D eigenvalue weighted by atomic mass is 16.1. The number of hydrogen-bond donors (Lipinski definition) is 2. The third kappa shape index (κ3) is 5.18. The Balaban J connectivity index is 2.40. The smallest absolute Gasteiger partial charge is 0.246 e. The van der Waals surface area contributed by atoms with E-state index in [1.807, 2.05) is 44.3 Å². The van der Waals surface area contributed by atoms with Gasteiger partial charge in [-0.15, -0.1) is 0 Å². The Morgan fingerprint density at radius 1 is 1.33 bits per heavy atom. The number of benzene rings is 1. The summed E-state index contributed by atoms with van der Waals surface area (Å²) in [5.74, 6) is 0.708. The van der Waals surface area contributed by atoms with Crippen molar-refractivity contribution in [2.45, 2.75) is 33.6 Å². The van der Waals surface area contributed by atoms with E-state index >= 15 is 0 Å². The second kappa shape index (κ2) is 9.54. The molecule has 0 bridgehead atoms. The van der Waals surface area contributed by atoms with Gasteiger partial charge in [-0.3, -0.25) is 4.79 Å². The molecule has 1 heterocycles. The first-order valence-corrected chi connectivity index (χ1v) is 9.15. The van der Waals surface area contributed by atoms with Crippen LogP contribution in [0, 0.1) is 18.3 Å². The Morgan fingerprint density at radius 3 is 2.70 bits per heavy atom. The third-order valence-electron chi connectivity index (χ3n) is 4.45. The van der Waals surface area contributed by atoms with E-state index in [9.17, 15) is 10.1 Å². The van der Waals surface area contributed by atoms with Crippen LogP contribution in [-0.2, 0) is 4.79 Å². The number of pyridine rings is 1. The van der Waals surface area contributed by atoms with Crippen molar-refractivity contribution in [1.82, 2.24) is 10.3 Å². The lowest BCUT2D eigenvalue weighted by Gasteiger charge is -2.12. The number of aromatic nitrogens is 1. The van der Waals surface area contributed by atoms with Crippen molar-refractivity contribution in [1.29, 1.82) is 5.26 Å². The molecule has 1 amide bonds. The van der Waals surface area contributed by atoms with Crippen LogP contribution in [0.4, 0.5) is 5.82 Å². The molecule has 0 saturated carbocycles. The summed E-state index contributed by atoms with van der Waals surface area (Å²) < 4.78 is 0. The van der Waals surface area contributed by atoms with Gasteiger partial charge in [0.05, 0.1) is 11.6 Å². The molecule has 2 aromatic rings. The first-order valence-electron chi connectivity index (χ1n) is 9.15. The highest BCUT2D eigenvalue weighted by Gasteiger charge is 2.11. The second-order valence-electron chi connectivity index (χ2n) is 6.47. The maximum absolute atomic E-state index is 12.3. The summed E-state index contributed by atoms with van der Waals surface area (Å²) in [7, 11) is 1.82. The van der Waals surface area contributed by atoms with Crippen molar-refractivity contribution in [3.8, 4) is 17.2 Å². The quantitative estimate of drug-likeness (QED) is 0.569. The van der Waals surface area contributed by atoms with Crippen LogP contribution in [0.2, 0.25) is 0 Å². The van der Waals surface area contributed by atoms with E-state index in [2.05, 4.69) is 28.6 Å². The van der Waals surface area contributed by atoms with E-state index in [0.29, 0.717) is 17.7 Å². The minimum Gasteiger partial charge on any atom is -0.373 e. The lowest BCUT2D eigenvalue weighted by molar-refractivity contribution is -0.117. The van der Waals surface area contributed by atoms with Crippen LogP contribution in [0.5, 0.6) is 0 Å². The Bertz CT molecular complexity index is 876. The Morgan fingerprint density at radius 2 is 2.11 bits per heavy atom. The molecule has 5 heteroatoms. The van der Waals surface area contributed by atoms with Crippen LogP contribution in [0.1, 0.15) is 43.4 Å². The Kier molecular flexibility index (Phi) is 7.13. The van der Waals surface area contributed by atoms with Gasteiger partial charge in [0.2, 0.25) is 5.91 Å². The molecule has 0 spiro atoms. The number of anilines is 1. The average Bonchev–Trinajstić information content (AvgIpc) is 2.69. The topological polar surface area (TPSA) is 77.8 Å². The monoisotopic (exact) mass is 362 g/mol. The van der Waals surface area contributed by atoms with Crippen molar-refractivity contribution in [3.05, 3.63) is 52.7 Å². The standard InChI is InChI=1S/C22H26N4O/c1-5-6-9-25-22(27)15(2)10-19-11-17(13-23)12-20(16(19)3)18-7-8-21(24-4)26-14-18/h7-8,10-12,14H,5-6,9H2,1-4H3,(H,24,26)(H,25,27)/b15-10+. The van der Waals surface area contributed by atoms with Gasteiger partial charge in [0, 0.05) is 30.9 Å². The summed E-state index contributed by atoms with van der Waals surface area (Å²) in [4.78, 5) is 16.6. The van der Waals surface area contributed by atoms with E-state index in [0.717, 1.165) is 40.9 Å². The van der Waals surface area contributed by atoms with Gasteiger partial charge in [0.15, 0.2) is 0 Å². The number of unbranched alkanes of at least 4 members (excludes halogenated alkanes) is 1. The van der Waals surface area contributed by atoms with Gasteiger partial charge in [-0.2, -0.15) is 5.26 Å². The fraction of sp³-hybridized carbons (Fsp3) is 0.318. The Hall–Kier alpha value is -3.13. The van der Waals surface area contributed by atoms with Gasteiger partial charge < -0.3 is 10.6 Å². The summed E-state index contributed by atoms with van der Waals surface area (Å²) in [6.45, 7) is 6.55. The highest BCUT2D eigenvalue weighted by Crippen LogP contribution is 2.29. The molecule has 0 saturated heterocycles. The molecule has 0 aliphatic carbocycles. The average molecular weight is 362 g/mol. The molecule has 2 N–H and O–H groups in total. The molecule has 1 aromatic carbocycles. The lowest BCUT2D eigenvalue weighted by atomic mass is 9.93. The molecule has 5 nitrogen and oxygen atoms in total. The van der Waals surface area contributed by atoms with Gasteiger partial charge >= 0.3 is 0 Å². The molecular formula is C22H26N4O. The fourth-order valence-corrected chi connectivity index (χ4v) is 2.77. The normalized spacial score (nSPS) is 11.0. The molecule has 0 radical (unpaired) electrons. The van der Waals surface area contributed by atoms with Gasteiger partial charge in [-0.25, -0.2) is 4.98 Å². The van der Waals surface area contributed by atoms with Crippen molar-refractivity contribution in [3.63, 3.8) is 0 Å². The third-order valence-corrected chi connectivity index (χ3v) is 4.45. The van der Waals surface area contributed by atoms with E-state index in [4.69, 9.17) is 0 Å². The van der Waals surface area contributed by atoms with Crippen molar-refractivity contribution in [2.75, 3.05) is 18.9 Å². The summed E-state index contributed by atoms with van der Waals surface area (Å²) in [5, 5.41) is 15.3. The molecular weight excluding hydrogens is 336 g/mol. The molecule has 0 unspecified atom stereocenters. The first kappa shape index (κ1) is 20.2. The Labute approximate surface area is 161 Å². The number of amides is 1. The number of nitrogens with zero attached hydrogens (tertiary/aromatic N) is 2. The fourth-order valence-electron chi connectivity index (χ4n) is 2.77. The van der Waals surface area contributed by atoms with Crippen LogP contribution >= 0.6 is 0 Å². The maximum atomic E-state index is 12.3. The van der Waals surface area contributed by atoms with Gasteiger partial charge in [-0.1, -0.05) is 13.3 Å². The predicted octanol–water partition coefficient (Wildman–Crippen LogP) is 4.29. The maximum Gasteiger partial charge on any atom is 0.246 e. The summed E-state index contributed by atoms with van der Waals surface area (Å²) >= 11 is 0. The SMILES string of the molecule is CCCCNC(=O)/C(C)=C/c1cc(C#N)cc(-c2ccc(NC)nc2)c1C. The van der Waals surface area contributed by atoms with Crippen LogP contribution in [0.3, 0.4) is 0 Å². The van der Waals surface area contributed by atoms with Crippen LogP contribution in [0.25, 0.3) is 17.2 Å². The van der Waals surface area contributed by atoms with E-state index in [1.165, 1.54) is 0 Å². The minimum absolute atomic E-state index is 0.0770. The number of carbonyl (C=O) groups is 1. The minimum atomic E-state index is -0.0770. The molecule has 0 aliphatic rings. The zero-order valence-electron chi connectivity index (χ0n) is 16.4.